The van der Waals surface area contributed by atoms with Crippen molar-refractivity contribution < 1.29 is 19.3 Å². The molecule has 0 aromatic carbocycles. The fraction of sp³-hybridized carbons (Fsp3) is 1.00. The van der Waals surface area contributed by atoms with Gasteiger partial charge in [-0.1, -0.05) is 12.8 Å². The lowest BCUT2D eigenvalue weighted by Crippen LogP contribution is -2.42. The van der Waals surface area contributed by atoms with E-state index in [0.29, 0.717) is 0 Å². The maximum absolute atomic E-state index is 10.3. The second-order valence-electron chi connectivity index (χ2n) is 6.35. The van der Waals surface area contributed by atoms with Gasteiger partial charge in [0.15, 0.2) is 12.1 Å². The van der Waals surface area contributed by atoms with Gasteiger partial charge in [-0.25, -0.2) is 0 Å². The van der Waals surface area contributed by atoms with Crippen molar-refractivity contribution in [2.24, 2.45) is 0 Å². The number of likely N-dealkylation sites (tertiary alicyclic amines) is 1. The van der Waals surface area contributed by atoms with Crippen LogP contribution >= 0.6 is 0 Å². The second-order valence-corrected chi connectivity index (χ2v) is 6.35. The van der Waals surface area contributed by atoms with E-state index in [0.717, 1.165) is 19.6 Å². The molecule has 3 aliphatic rings. The molecule has 19 heavy (non-hydrogen) atoms. The molecular formula is C14H25NO4. The fourth-order valence-electron chi connectivity index (χ4n) is 3.28. The molecule has 0 aromatic heterocycles. The van der Waals surface area contributed by atoms with Crippen LogP contribution < -0.4 is 0 Å². The standard InChI is InChI=1S/C14H25NO4/c1-14(2)18-12-11(16)10(17-13(12)19-14)9-15-7-5-3-4-6-8-15/h10-13,16H,3-9H2,1-2H3/t10-,11+,12-,13-/m1/s1. The van der Waals surface area contributed by atoms with Crippen LogP contribution in [0.15, 0.2) is 0 Å². The molecule has 0 radical (unpaired) electrons. The van der Waals surface area contributed by atoms with Gasteiger partial charge in [0, 0.05) is 6.54 Å². The summed E-state index contributed by atoms with van der Waals surface area (Å²) in [6.07, 6.45) is 3.59. The van der Waals surface area contributed by atoms with Crippen LogP contribution in [0.4, 0.5) is 0 Å². The van der Waals surface area contributed by atoms with E-state index in [-0.39, 0.29) is 12.2 Å². The topological polar surface area (TPSA) is 51.2 Å². The van der Waals surface area contributed by atoms with Gasteiger partial charge in [0.25, 0.3) is 0 Å². The van der Waals surface area contributed by atoms with Crippen LogP contribution in [0.2, 0.25) is 0 Å². The van der Waals surface area contributed by atoms with Crippen molar-refractivity contribution in [3.05, 3.63) is 0 Å². The summed E-state index contributed by atoms with van der Waals surface area (Å²) in [5.74, 6) is -0.649. The minimum Gasteiger partial charge on any atom is -0.387 e. The number of aliphatic hydroxyl groups is 1. The number of nitrogens with zero attached hydrogens (tertiary/aromatic N) is 1. The number of fused-ring (bicyclic) bond motifs is 1. The molecule has 5 heteroatoms. The molecule has 3 heterocycles. The molecule has 0 bridgehead atoms. The van der Waals surface area contributed by atoms with E-state index in [4.69, 9.17) is 14.2 Å². The highest BCUT2D eigenvalue weighted by Gasteiger charge is 2.54. The van der Waals surface area contributed by atoms with Gasteiger partial charge < -0.3 is 24.2 Å². The summed E-state index contributed by atoms with van der Waals surface area (Å²) in [6.45, 7) is 6.70. The summed E-state index contributed by atoms with van der Waals surface area (Å²) in [5, 5.41) is 10.3. The number of hydrogen-bond acceptors (Lipinski definition) is 5. The number of rotatable bonds is 2. The van der Waals surface area contributed by atoms with Gasteiger partial charge in [0.05, 0.1) is 0 Å². The average molecular weight is 271 g/mol. The summed E-state index contributed by atoms with van der Waals surface area (Å²) >= 11 is 0. The first-order valence-electron chi connectivity index (χ1n) is 7.47. The van der Waals surface area contributed by atoms with Crippen molar-refractivity contribution in [1.82, 2.24) is 4.90 Å². The Kier molecular flexibility index (Phi) is 3.84. The zero-order chi connectivity index (χ0) is 13.5. The van der Waals surface area contributed by atoms with Gasteiger partial charge in [-0.15, -0.1) is 0 Å². The summed E-state index contributed by atoms with van der Waals surface area (Å²) in [4.78, 5) is 2.40. The Labute approximate surface area is 114 Å². The van der Waals surface area contributed by atoms with Crippen LogP contribution in [0.3, 0.4) is 0 Å². The van der Waals surface area contributed by atoms with Crippen LogP contribution in [0.5, 0.6) is 0 Å². The van der Waals surface area contributed by atoms with Gasteiger partial charge in [0.2, 0.25) is 0 Å². The molecule has 0 unspecified atom stereocenters. The smallest absolute Gasteiger partial charge is 0.190 e. The molecule has 3 saturated heterocycles. The largest absolute Gasteiger partial charge is 0.387 e. The highest BCUT2D eigenvalue weighted by Crippen LogP contribution is 2.37. The van der Waals surface area contributed by atoms with Gasteiger partial charge in [-0.05, 0) is 39.8 Å². The quantitative estimate of drug-likeness (QED) is 0.815. The van der Waals surface area contributed by atoms with Crippen molar-refractivity contribution in [3.8, 4) is 0 Å². The monoisotopic (exact) mass is 271 g/mol. The Balaban J connectivity index is 1.56. The zero-order valence-electron chi connectivity index (χ0n) is 11.9. The zero-order valence-corrected chi connectivity index (χ0v) is 11.9. The summed E-state index contributed by atoms with van der Waals surface area (Å²) in [7, 11) is 0. The third-order valence-corrected chi connectivity index (χ3v) is 4.25. The summed E-state index contributed by atoms with van der Waals surface area (Å²) in [5.41, 5.74) is 0. The first-order chi connectivity index (χ1) is 9.05. The Bertz CT molecular complexity index is 315. The third-order valence-electron chi connectivity index (χ3n) is 4.25. The molecule has 3 aliphatic heterocycles. The molecule has 4 atom stereocenters. The Morgan fingerprint density at radius 1 is 1.11 bits per heavy atom. The maximum atomic E-state index is 10.3. The predicted octanol–water partition coefficient (Wildman–Crippen LogP) is 1.10. The van der Waals surface area contributed by atoms with Crippen molar-refractivity contribution in [2.45, 2.75) is 69.9 Å². The lowest BCUT2D eigenvalue weighted by Gasteiger charge is -2.27. The predicted molar refractivity (Wildman–Crippen MR) is 69.6 cm³/mol. The first-order valence-corrected chi connectivity index (χ1v) is 7.47. The lowest BCUT2D eigenvalue weighted by atomic mass is 10.1. The highest BCUT2D eigenvalue weighted by molar-refractivity contribution is 4.94. The molecule has 0 aliphatic carbocycles. The molecule has 5 nitrogen and oxygen atoms in total. The molecule has 110 valence electrons. The molecule has 0 amide bonds. The minimum atomic E-state index is -0.649. The van der Waals surface area contributed by atoms with Crippen LogP contribution in [-0.4, -0.2) is 60.0 Å². The fourth-order valence-corrected chi connectivity index (χ4v) is 3.28. The van der Waals surface area contributed by atoms with Crippen LogP contribution in [0.25, 0.3) is 0 Å². The van der Waals surface area contributed by atoms with E-state index < -0.39 is 18.2 Å². The molecular weight excluding hydrogens is 246 g/mol. The first kappa shape index (κ1) is 13.8. The van der Waals surface area contributed by atoms with Crippen molar-refractivity contribution >= 4 is 0 Å². The van der Waals surface area contributed by atoms with Crippen LogP contribution in [0.1, 0.15) is 39.5 Å². The Morgan fingerprint density at radius 2 is 1.79 bits per heavy atom. The molecule has 0 spiro atoms. The second kappa shape index (κ2) is 5.30. The molecule has 3 rings (SSSR count). The molecule has 0 saturated carbocycles. The van der Waals surface area contributed by atoms with Gasteiger partial charge in [0.1, 0.15) is 18.3 Å². The Hall–Kier alpha value is -0.200. The molecule has 1 N–H and O–H groups in total. The third kappa shape index (κ3) is 2.95. The SMILES string of the molecule is CC1(C)O[C@H]2O[C@H](CN3CCCCCC3)[C@H](O)[C@H]2O1. The number of hydrogen-bond donors (Lipinski definition) is 1. The van der Waals surface area contributed by atoms with E-state index in [1.165, 1.54) is 25.7 Å². The van der Waals surface area contributed by atoms with Crippen molar-refractivity contribution in [1.29, 1.82) is 0 Å². The van der Waals surface area contributed by atoms with E-state index in [2.05, 4.69) is 4.90 Å². The van der Waals surface area contributed by atoms with Crippen molar-refractivity contribution in [3.63, 3.8) is 0 Å². The highest BCUT2D eigenvalue weighted by atomic mass is 16.8. The average Bonchev–Trinajstić information content (AvgIpc) is 2.68. The van der Waals surface area contributed by atoms with Crippen LogP contribution in [-0.2, 0) is 14.2 Å². The van der Waals surface area contributed by atoms with E-state index in [1.807, 2.05) is 13.8 Å². The normalized spacial score (nSPS) is 43.1. The minimum absolute atomic E-state index is 0.191. The number of aliphatic hydroxyl groups excluding tert-OH is 1. The van der Waals surface area contributed by atoms with E-state index >= 15 is 0 Å². The van der Waals surface area contributed by atoms with Crippen molar-refractivity contribution in [2.75, 3.05) is 19.6 Å². The molecule has 0 aromatic rings. The lowest BCUT2D eigenvalue weighted by molar-refractivity contribution is -0.216. The maximum Gasteiger partial charge on any atom is 0.190 e. The van der Waals surface area contributed by atoms with Gasteiger partial charge in [-0.3, -0.25) is 0 Å². The Morgan fingerprint density at radius 3 is 2.42 bits per heavy atom. The molecule has 3 fully saturated rings. The number of ether oxygens (including phenoxy) is 3. The van der Waals surface area contributed by atoms with Crippen LogP contribution in [0, 0.1) is 0 Å². The summed E-state index contributed by atoms with van der Waals surface area (Å²) in [6, 6.07) is 0. The van der Waals surface area contributed by atoms with E-state index in [9.17, 15) is 5.11 Å². The summed E-state index contributed by atoms with van der Waals surface area (Å²) < 4.78 is 17.2. The van der Waals surface area contributed by atoms with Gasteiger partial charge in [-0.2, -0.15) is 0 Å². The van der Waals surface area contributed by atoms with E-state index in [1.54, 1.807) is 0 Å². The van der Waals surface area contributed by atoms with Gasteiger partial charge >= 0.3 is 0 Å².